The van der Waals surface area contributed by atoms with Crippen LogP contribution in [0, 0.1) is 0 Å². The first-order valence-electron chi connectivity index (χ1n) is 7.24. The van der Waals surface area contributed by atoms with Crippen LogP contribution in [0.1, 0.15) is 22.6 Å². The van der Waals surface area contributed by atoms with Crippen molar-refractivity contribution in [3.8, 4) is 11.5 Å². The molecule has 0 saturated heterocycles. The van der Waals surface area contributed by atoms with Gasteiger partial charge in [0.1, 0.15) is 16.4 Å². The zero-order valence-electron chi connectivity index (χ0n) is 12.8. The molecule has 0 spiro atoms. The highest BCUT2D eigenvalue weighted by atomic mass is 79.9. The van der Waals surface area contributed by atoms with Crippen LogP contribution < -0.4 is 10.5 Å². The van der Waals surface area contributed by atoms with Gasteiger partial charge in [0.05, 0.1) is 0 Å². The molecule has 0 aliphatic carbocycles. The van der Waals surface area contributed by atoms with Gasteiger partial charge in [-0.25, -0.2) is 13.6 Å². The van der Waals surface area contributed by atoms with E-state index in [1.54, 1.807) is 24.3 Å². The van der Waals surface area contributed by atoms with E-state index < -0.39 is 10.0 Å². The summed E-state index contributed by atoms with van der Waals surface area (Å²) in [5.74, 6) is -0.238. The molecular weight excluding hydrogens is 396 g/mol. The molecule has 1 unspecified atom stereocenters. The van der Waals surface area contributed by atoms with Gasteiger partial charge in [0.15, 0.2) is 0 Å². The Hall–Kier alpha value is -1.61. The number of fused-ring (bicyclic) bond motifs is 1. The van der Waals surface area contributed by atoms with Crippen molar-refractivity contribution >= 4 is 27.0 Å². The summed E-state index contributed by atoms with van der Waals surface area (Å²) in [5, 5.41) is 27.9. The second-order valence-corrected chi connectivity index (χ2v) is 7.19. The van der Waals surface area contributed by atoms with E-state index in [-0.39, 0.29) is 39.3 Å². The van der Waals surface area contributed by atoms with E-state index in [1.165, 1.54) is 12.1 Å². The van der Waals surface area contributed by atoms with Crippen LogP contribution in [0.5, 0.6) is 11.5 Å². The second kappa shape index (κ2) is 7.10. The number of rotatable bonds is 2. The monoisotopic (exact) mass is 414 g/mol. The molecule has 3 rings (SSSR count). The van der Waals surface area contributed by atoms with Crippen molar-refractivity contribution in [3.63, 3.8) is 0 Å². The highest BCUT2D eigenvalue weighted by Gasteiger charge is 2.25. The highest BCUT2D eigenvalue weighted by Crippen LogP contribution is 2.35. The number of phenols is 2. The smallest absolute Gasteiger partial charge is 0.241 e. The minimum atomic E-state index is -4.00. The predicted molar refractivity (Wildman–Crippen MR) is 96.3 cm³/mol. The molecule has 1 aliphatic rings. The van der Waals surface area contributed by atoms with Crippen LogP contribution in [-0.4, -0.2) is 31.7 Å². The van der Waals surface area contributed by atoms with Crippen molar-refractivity contribution in [2.75, 3.05) is 13.1 Å². The zero-order valence-corrected chi connectivity index (χ0v) is 15.3. The molecule has 8 heteroatoms. The molecule has 1 atom stereocenters. The van der Waals surface area contributed by atoms with Crippen molar-refractivity contribution in [2.24, 2.45) is 5.14 Å². The van der Waals surface area contributed by atoms with Crippen LogP contribution in [0.3, 0.4) is 0 Å². The number of halogens is 1. The van der Waals surface area contributed by atoms with Crippen LogP contribution in [0.2, 0.25) is 0 Å². The lowest BCUT2D eigenvalue weighted by Crippen LogP contribution is -2.21. The number of hydrogen-bond donors (Lipinski definition) is 4. The Kier molecular flexibility index (Phi) is 5.54. The fraction of sp³-hybridized carbons (Fsp3) is 0.250. The number of sulfonamides is 1. The predicted octanol–water partition coefficient (Wildman–Crippen LogP) is 1.60. The van der Waals surface area contributed by atoms with Crippen molar-refractivity contribution < 1.29 is 18.6 Å². The maximum atomic E-state index is 11.7. The molecule has 0 radical (unpaired) electrons. The second-order valence-electron chi connectivity index (χ2n) is 5.66. The molecule has 1 heterocycles. The Bertz CT molecular complexity index is 838. The van der Waals surface area contributed by atoms with E-state index in [1.807, 2.05) is 0 Å². The average molecular weight is 415 g/mol. The van der Waals surface area contributed by atoms with Gasteiger partial charge in [-0.05, 0) is 53.9 Å². The number of benzene rings is 2. The molecule has 2 aromatic rings. The Balaban J connectivity index is 0.00000208. The molecule has 0 bridgehead atoms. The Morgan fingerprint density at radius 3 is 2.42 bits per heavy atom. The first kappa shape index (κ1) is 18.7. The maximum Gasteiger partial charge on any atom is 0.241 e. The van der Waals surface area contributed by atoms with Crippen LogP contribution in [0.25, 0.3) is 0 Å². The fourth-order valence-corrected chi connectivity index (χ4v) is 3.62. The van der Waals surface area contributed by atoms with Gasteiger partial charge in [-0.2, -0.15) is 0 Å². The van der Waals surface area contributed by atoms with Crippen molar-refractivity contribution in [1.82, 2.24) is 5.32 Å². The molecule has 0 amide bonds. The number of hydrogen-bond acceptors (Lipinski definition) is 5. The summed E-state index contributed by atoms with van der Waals surface area (Å²) >= 11 is 0. The summed E-state index contributed by atoms with van der Waals surface area (Å²) in [6.07, 6.45) is 0.683. The number of nitrogens with two attached hydrogens (primary N) is 1. The van der Waals surface area contributed by atoms with Crippen LogP contribution in [-0.2, 0) is 16.4 Å². The third kappa shape index (κ3) is 3.72. The minimum Gasteiger partial charge on any atom is -0.508 e. The number of primary sulfonamides is 1. The third-order valence-electron chi connectivity index (χ3n) is 4.12. The number of phenolic OH excluding ortho intramolecular Hbond substituents is 2. The van der Waals surface area contributed by atoms with Crippen LogP contribution in [0.4, 0.5) is 0 Å². The normalized spacial score (nSPS) is 17.5. The molecule has 5 N–H and O–H groups in total. The molecule has 0 fully saturated rings. The first-order chi connectivity index (χ1) is 10.9. The van der Waals surface area contributed by atoms with Crippen molar-refractivity contribution in [3.05, 3.63) is 53.1 Å². The van der Waals surface area contributed by atoms with Crippen molar-refractivity contribution in [1.29, 1.82) is 0 Å². The van der Waals surface area contributed by atoms with E-state index in [2.05, 4.69) is 5.32 Å². The largest absolute Gasteiger partial charge is 0.508 e. The molecule has 6 nitrogen and oxygen atoms in total. The van der Waals surface area contributed by atoms with Gasteiger partial charge < -0.3 is 15.5 Å². The van der Waals surface area contributed by atoms with Gasteiger partial charge in [0.2, 0.25) is 10.0 Å². The maximum absolute atomic E-state index is 11.7. The SMILES string of the molecule is Br.NS(=O)(=O)c1cc2c(cc1O)CCNCC2c1ccc(O)cc1. The zero-order chi connectivity index (χ0) is 16.6. The van der Waals surface area contributed by atoms with Gasteiger partial charge in [-0.15, -0.1) is 17.0 Å². The van der Waals surface area contributed by atoms with E-state index in [9.17, 15) is 18.6 Å². The lowest BCUT2D eigenvalue weighted by Gasteiger charge is -2.19. The first-order valence-corrected chi connectivity index (χ1v) is 8.79. The number of aromatic hydroxyl groups is 2. The Morgan fingerprint density at radius 2 is 1.79 bits per heavy atom. The summed E-state index contributed by atoms with van der Waals surface area (Å²) in [5.41, 5.74) is 2.66. The molecular formula is C16H19BrN2O4S. The quantitative estimate of drug-likeness (QED) is 0.595. The highest BCUT2D eigenvalue weighted by molar-refractivity contribution is 8.93. The topological polar surface area (TPSA) is 113 Å². The van der Waals surface area contributed by atoms with Crippen molar-refractivity contribution in [2.45, 2.75) is 17.2 Å². The van der Waals surface area contributed by atoms with Gasteiger partial charge >= 0.3 is 0 Å². The minimum absolute atomic E-state index is 0. The average Bonchev–Trinajstić information content (AvgIpc) is 2.68. The Morgan fingerprint density at radius 1 is 1.12 bits per heavy atom. The summed E-state index contributed by atoms with van der Waals surface area (Å²) in [4.78, 5) is -0.262. The van der Waals surface area contributed by atoms with E-state index in [4.69, 9.17) is 5.14 Å². The van der Waals surface area contributed by atoms with Gasteiger partial charge in [0, 0.05) is 12.5 Å². The molecule has 1 aliphatic heterocycles. The van der Waals surface area contributed by atoms with Gasteiger partial charge in [0.25, 0.3) is 0 Å². The van der Waals surface area contributed by atoms with E-state index >= 15 is 0 Å². The lowest BCUT2D eigenvalue weighted by molar-refractivity contribution is 0.457. The Labute approximate surface area is 151 Å². The van der Waals surface area contributed by atoms with Gasteiger partial charge in [-0.1, -0.05) is 12.1 Å². The molecule has 24 heavy (non-hydrogen) atoms. The van der Waals surface area contributed by atoms with E-state index in [0.717, 1.165) is 23.2 Å². The molecule has 130 valence electrons. The summed E-state index contributed by atoms with van der Waals surface area (Å²) in [6, 6.07) is 9.75. The summed E-state index contributed by atoms with van der Waals surface area (Å²) in [7, 11) is -4.00. The molecule has 0 aromatic heterocycles. The molecule has 0 saturated carbocycles. The molecule has 2 aromatic carbocycles. The van der Waals surface area contributed by atoms with Gasteiger partial charge in [-0.3, -0.25) is 0 Å². The number of nitrogens with one attached hydrogen (secondary N) is 1. The lowest BCUT2D eigenvalue weighted by atomic mass is 9.88. The third-order valence-corrected chi connectivity index (χ3v) is 5.06. The van der Waals surface area contributed by atoms with Crippen LogP contribution >= 0.6 is 17.0 Å². The van der Waals surface area contributed by atoms with E-state index in [0.29, 0.717) is 13.0 Å². The van der Waals surface area contributed by atoms with Crippen LogP contribution in [0.15, 0.2) is 41.3 Å². The summed E-state index contributed by atoms with van der Waals surface area (Å²) in [6.45, 7) is 1.36. The summed E-state index contributed by atoms with van der Waals surface area (Å²) < 4.78 is 23.4. The standard InChI is InChI=1S/C16H18N2O4S.BrH/c17-23(21,22)16-8-13-11(7-15(16)20)5-6-18-9-14(13)10-1-3-12(19)4-2-10;/h1-4,7-8,14,18-20H,5-6,9H2,(H2,17,21,22);1H. The fourth-order valence-electron chi connectivity index (χ4n) is 2.98.